The van der Waals surface area contributed by atoms with Gasteiger partial charge in [0.2, 0.25) is 5.91 Å². The van der Waals surface area contributed by atoms with E-state index in [4.69, 9.17) is 14.8 Å². The Balaban J connectivity index is 4.18. The van der Waals surface area contributed by atoms with E-state index in [0.717, 1.165) is 64.2 Å². The molecule has 300 valence electrons. The van der Waals surface area contributed by atoms with Crippen LogP contribution in [0.3, 0.4) is 0 Å². The van der Waals surface area contributed by atoms with Gasteiger partial charge in [-0.05, 0) is 44.9 Å². The van der Waals surface area contributed by atoms with Crippen molar-refractivity contribution in [3.63, 3.8) is 0 Å². The van der Waals surface area contributed by atoms with Gasteiger partial charge in [0.1, 0.15) is 0 Å². The molecule has 0 aromatic heterocycles. The summed E-state index contributed by atoms with van der Waals surface area (Å²) in [7, 11) is -4.32. The van der Waals surface area contributed by atoms with Gasteiger partial charge in [0.25, 0.3) is 0 Å². The van der Waals surface area contributed by atoms with E-state index in [1.54, 1.807) is 0 Å². The molecule has 0 fully saturated rings. The highest BCUT2D eigenvalue weighted by Crippen LogP contribution is 2.43. The van der Waals surface area contributed by atoms with Crippen LogP contribution in [0.4, 0.5) is 0 Å². The summed E-state index contributed by atoms with van der Waals surface area (Å²) >= 11 is 0. The summed E-state index contributed by atoms with van der Waals surface area (Å²) in [5, 5.41) is 13.8. The van der Waals surface area contributed by atoms with Crippen molar-refractivity contribution < 1.29 is 28.4 Å². The van der Waals surface area contributed by atoms with Crippen LogP contribution in [-0.2, 0) is 18.4 Å². The van der Waals surface area contributed by atoms with Crippen molar-refractivity contribution >= 4 is 13.7 Å². The van der Waals surface area contributed by atoms with Crippen LogP contribution in [0.25, 0.3) is 0 Å². The van der Waals surface area contributed by atoms with Gasteiger partial charge in [0.05, 0.1) is 25.4 Å². The van der Waals surface area contributed by atoms with Crippen LogP contribution < -0.4 is 11.1 Å². The van der Waals surface area contributed by atoms with E-state index in [9.17, 15) is 19.4 Å². The SMILES string of the molecule is CC/C=C\C/C=C\C/C=C\CCCCCC(=O)NC(COP(=O)(O)OCCN)C(O)CCCCCCCCCCCCCCCCCCCCC. The summed E-state index contributed by atoms with van der Waals surface area (Å²) in [6, 6.07) is -0.788. The molecule has 9 heteroatoms. The first-order chi connectivity index (χ1) is 24.9. The number of aliphatic hydroxyl groups is 1. The van der Waals surface area contributed by atoms with Crippen molar-refractivity contribution in [1.29, 1.82) is 0 Å². The Bertz CT molecular complexity index is 897. The van der Waals surface area contributed by atoms with E-state index in [-0.39, 0.29) is 25.7 Å². The minimum Gasteiger partial charge on any atom is -0.391 e. The van der Waals surface area contributed by atoms with Gasteiger partial charge < -0.3 is 21.1 Å². The topological polar surface area (TPSA) is 131 Å². The predicted octanol–water partition coefficient (Wildman–Crippen LogP) is 11.6. The van der Waals surface area contributed by atoms with Crippen LogP contribution in [0, 0.1) is 0 Å². The average Bonchev–Trinajstić information content (AvgIpc) is 3.12. The zero-order valence-corrected chi connectivity index (χ0v) is 34.0. The second kappa shape index (κ2) is 38.4. The third kappa shape index (κ3) is 36.9. The molecule has 3 atom stereocenters. The Morgan fingerprint density at radius 3 is 1.65 bits per heavy atom. The number of nitrogens with two attached hydrogens (primary N) is 1. The van der Waals surface area contributed by atoms with Crippen molar-refractivity contribution in [2.45, 2.75) is 206 Å². The maximum atomic E-state index is 12.7. The number of unbranched alkanes of at least 4 members (excludes halogenated alkanes) is 21. The fourth-order valence-corrected chi connectivity index (χ4v) is 6.85. The van der Waals surface area contributed by atoms with E-state index in [1.807, 2.05) is 0 Å². The number of hydrogen-bond donors (Lipinski definition) is 4. The third-order valence-corrected chi connectivity index (χ3v) is 10.2. The fourth-order valence-electron chi connectivity index (χ4n) is 6.09. The Morgan fingerprint density at radius 2 is 1.14 bits per heavy atom. The normalized spacial score (nSPS) is 14.5. The van der Waals surface area contributed by atoms with Crippen molar-refractivity contribution in [3.8, 4) is 0 Å². The second-order valence-corrected chi connectivity index (χ2v) is 15.6. The molecule has 0 aromatic rings. The number of allylic oxidation sites excluding steroid dienone is 6. The summed E-state index contributed by atoms with van der Waals surface area (Å²) in [5.74, 6) is -0.190. The van der Waals surface area contributed by atoms with Crippen LogP contribution in [0.5, 0.6) is 0 Å². The Kier molecular flexibility index (Phi) is 37.5. The lowest BCUT2D eigenvalue weighted by atomic mass is 10.0. The zero-order chi connectivity index (χ0) is 37.5. The first-order valence-electron chi connectivity index (χ1n) is 21.1. The van der Waals surface area contributed by atoms with Gasteiger partial charge >= 0.3 is 7.82 Å². The quantitative estimate of drug-likeness (QED) is 0.0280. The third-order valence-electron chi connectivity index (χ3n) is 9.26. The van der Waals surface area contributed by atoms with Crippen molar-refractivity contribution in [3.05, 3.63) is 36.5 Å². The maximum Gasteiger partial charge on any atom is 0.472 e. The summed E-state index contributed by atoms with van der Waals surface area (Å²) < 4.78 is 22.1. The number of hydrogen-bond acceptors (Lipinski definition) is 6. The molecule has 0 radical (unpaired) electrons. The Labute approximate surface area is 314 Å². The fraction of sp³-hybridized carbons (Fsp3) is 0.833. The van der Waals surface area contributed by atoms with Crippen LogP contribution in [0.15, 0.2) is 36.5 Å². The lowest BCUT2D eigenvalue weighted by Gasteiger charge is -2.25. The molecular weight excluding hydrogens is 659 g/mol. The van der Waals surface area contributed by atoms with Gasteiger partial charge in [-0.2, -0.15) is 0 Å². The van der Waals surface area contributed by atoms with Gasteiger partial charge in [-0.15, -0.1) is 0 Å². The van der Waals surface area contributed by atoms with E-state index in [0.29, 0.717) is 12.8 Å². The highest BCUT2D eigenvalue weighted by molar-refractivity contribution is 7.47. The number of aliphatic hydroxyl groups excluding tert-OH is 1. The summed E-state index contributed by atoms with van der Waals surface area (Å²) in [6.07, 6.45) is 44.4. The molecule has 0 spiro atoms. The zero-order valence-electron chi connectivity index (χ0n) is 33.1. The predicted molar refractivity (Wildman–Crippen MR) is 217 cm³/mol. The van der Waals surface area contributed by atoms with E-state index >= 15 is 0 Å². The number of rotatable bonds is 39. The van der Waals surface area contributed by atoms with Crippen molar-refractivity contribution in [2.24, 2.45) is 5.73 Å². The van der Waals surface area contributed by atoms with Crippen molar-refractivity contribution in [2.75, 3.05) is 19.8 Å². The molecule has 8 nitrogen and oxygen atoms in total. The van der Waals surface area contributed by atoms with Gasteiger partial charge in [-0.25, -0.2) is 4.57 Å². The molecule has 3 unspecified atom stereocenters. The molecule has 0 rings (SSSR count). The smallest absolute Gasteiger partial charge is 0.391 e. The molecule has 0 saturated carbocycles. The minimum absolute atomic E-state index is 0.0832. The van der Waals surface area contributed by atoms with Crippen molar-refractivity contribution in [1.82, 2.24) is 5.32 Å². The van der Waals surface area contributed by atoms with Crippen LogP contribution in [0.1, 0.15) is 194 Å². The minimum atomic E-state index is -4.32. The van der Waals surface area contributed by atoms with E-state index < -0.39 is 20.0 Å². The lowest BCUT2D eigenvalue weighted by Crippen LogP contribution is -2.46. The monoisotopic (exact) mass is 741 g/mol. The molecule has 5 N–H and O–H groups in total. The van der Waals surface area contributed by atoms with Crippen LogP contribution in [-0.4, -0.2) is 47.8 Å². The molecule has 0 aliphatic carbocycles. The second-order valence-electron chi connectivity index (χ2n) is 14.2. The molecule has 0 aliphatic heterocycles. The molecule has 0 heterocycles. The molecule has 0 saturated heterocycles. The first kappa shape index (κ1) is 49.7. The maximum absolute atomic E-state index is 12.7. The number of phosphoric acid groups is 1. The number of phosphoric ester groups is 1. The number of amides is 1. The number of nitrogens with one attached hydrogen (secondary N) is 1. The molecule has 0 aromatic carbocycles. The van der Waals surface area contributed by atoms with Crippen LogP contribution in [0.2, 0.25) is 0 Å². The molecular formula is C42H81N2O6P. The van der Waals surface area contributed by atoms with Gasteiger partial charge in [0, 0.05) is 13.0 Å². The number of carbonyl (C=O) groups excluding carboxylic acids is 1. The molecule has 0 bridgehead atoms. The Morgan fingerprint density at radius 1 is 0.667 bits per heavy atom. The van der Waals surface area contributed by atoms with Gasteiger partial charge in [-0.3, -0.25) is 13.8 Å². The summed E-state index contributed by atoms with van der Waals surface area (Å²) in [6.45, 7) is 4.07. The average molecular weight is 741 g/mol. The standard InChI is InChI=1S/C42H81N2O6P/c1-3-5-7-9-11-13-15-17-18-19-20-21-22-24-25-27-29-31-33-35-41(45)40(39-50-51(47,48)49-38-37-43)44-42(46)36-34-32-30-28-26-23-16-14-12-10-8-6-4-2/h6,8,12,14,23,26,40-41,45H,3-5,7,9-11,13,15-22,24-25,27-39,43H2,1-2H3,(H,44,46)(H,47,48)/b8-6-,14-12-,26-23-. The highest BCUT2D eigenvalue weighted by Gasteiger charge is 2.27. The summed E-state index contributed by atoms with van der Waals surface area (Å²) in [5.41, 5.74) is 5.37. The summed E-state index contributed by atoms with van der Waals surface area (Å²) in [4.78, 5) is 22.7. The van der Waals surface area contributed by atoms with E-state index in [2.05, 4.69) is 55.6 Å². The van der Waals surface area contributed by atoms with Crippen LogP contribution >= 0.6 is 7.82 Å². The van der Waals surface area contributed by atoms with E-state index in [1.165, 1.54) is 103 Å². The number of carbonyl (C=O) groups is 1. The van der Waals surface area contributed by atoms with Gasteiger partial charge in [0.15, 0.2) is 0 Å². The highest BCUT2D eigenvalue weighted by atomic mass is 31.2. The van der Waals surface area contributed by atoms with Gasteiger partial charge in [-0.1, -0.05) is 179 Å². The Hall–Kier alpha value is -1.28. The largest absolute Gasteiger partial charge is 0.472 e. The molecule has 1 amide bonds. The first-order valence-corrected chi connectivity index (χ1v) is 22.6. The lowest BCUT2D eigenvalue weighted by molar-refractivity contribution is -0.123. The molecule has 51 heavy (non-hydrogen) atoms. The molecule has 0 aliphatic rings.